The molecule has 0 fully saturated rings. The van der Waals surface area contributed by atoms with E-state index in [1.807, 2.05) is 25.7 Å². The number of aromatic nitrogens is 2. The molecule has 1 rings (SSSR count). The van der Waals surface area contributed by atoms with Gasteiger partial charge in [-0.2, -0.15) is 5.10 Å². The molecule has 0 aliphatic rings. The minimum atomic E-state index is 0.00469. The number of nitrogens with zero attached hydrogens (tertiary/aromatic N) is 3. The van der Waals surface area contributed by atoms with Gasteiger partial charge in [0.1, 0.15) is 0 Å². The maximum Gasteiger partial charge on any atom is 0.161 e. The number of nitrogens with one attached hydrogen (secondary N) is 1. The Hall–Kier alpha value is -1.15. The lowest BCUT2D eigenvalue weighted by Gasteiger charge is -2.20. The largest absolute Gasteiger partial charge is 0.493 e. The number of nitrogens with two attached hydrogens (primary N) is 1. The highest BCUT2D eigenvalue weighted by molar-refractivity contribution is 5.28. The van der Waals surface area contributed by atoms with E-state index in [1.54, 1.807) is 13.3 Å². The summed E-state index contributed by atoms with van der Waals surface area (Å²) in [6.07, 6.45) is 3.56. The van der Waals surface area contributed by atoms with E-state index < -0.39 is 0 Å². The summed E-state index contributed by atoms with van der Waals surface area (Å²) in [6, 6.07) is 0.00469. The van der Waals surface area contributed by atoms with Crippen LogP contribution in [-0.4, -0.2) is 55.6 Å². The Kier molecular flexibility index (Phi) is 8.29. The van der Waals surface area contributed by atoms with Crippen LogP contribution in [0.1, 0.15) is 31.5 Å². The van der Waals surface area contributed by atoms with Crippen molar-refractivity contribution in [3.63, 3.8) is 0 Å². The van der Waals surface area contributed by atoms with Gasteiger partial charge in [0.25, 0.3) is 0 Å². The fourth-order valence-electron chi connectivity index (χ4n) is 2.19. The van der Waals surface area contributed by atoms with Crippen molar-refractivity contribution in [1.82, 2.24) is 20.1 Å². The molecule has 0 saturated carbocycles. The molecule has 21 heavy (non-hydrogen) atoms. The van der Waals surface area contributed by atoms with Gasteiger partial charge in [-0.15, -0.1) is 0 Å². The topological polar surface area (TPSA) is 77.6 Å². The first kappa shape index (κ1) is 17.9. The predicted molar refractivity (Wildman–Crippen MR) is 83.1 cm³/mol. The molecule has 0 radical (unpaired) electrons. The number of hydrogen-bond acceptors (Lipinski definition) is 6. The van der Waals surface area contributed by atoms with Crippen molar-refractivity contribution >= 4 is 0 Å². The first-order chi connectivity index (χ1) is 10.1. The Labute approximate surface area is 127 Å². The number of hydrazine groups is 1. The first-order valence-electron chi connectivity index (χ1n) is 7.42. The molecule has 1 heterocycles. The van der Waals surface area contributed by atoms with E-state index in [4.69, 9.17) is 15.3 Å². The summed E-state index contributed by atoms with van der Waals surface area (Å²) in [5.74, 6) is 6.50. The Morgan fingerprint density at radius 3 is 2.81 bits per heavy atom. The number of methoxy groups -OCH3 is 1. The lowest BCUT2D eigenvalue weighted by Crippen LogP contribution is -2.31. The van der Waals surface area contributed by atoms with E-state index in [9.17, 15) is 0 Å². The molecule has 1 aromatic heterocycles. The minimum absolute atomic E-state index is 0.00469. The summed E-state index contributed by atoms with van der Waals surface area (Å²) >= 11 is 0. The Bertz CT molecular complexity index is 395. The quantitative estimate of drug-likeness (QED) is 0.357. The Morgan fingerprint density at radius 1 is 1.48 bits per heavy atom. The third-order valence-corrected chi connectivity index (χ3v) is 3.34. The smallest absolute Gasteiger partial charge is 0.161 e. The molecule has 0 aliphatic heterocycles. The van der Waals surface area contributed by atoms with Crippen LogP contribution in [0.25, 0.3) is 0 Å². The lowest BCUT2D eigenvalue weighted by molar-refractivity contribution is 0.140. The van der Waals surface area contributed by atoms with Crippen LogP contribution in [0.15, 0.2) is 6.20 Å². The van der Waals surface area contributed by atoms with E-state index in [0.29, 0.717) is 0 Å². The predicted octanol–water partition coefficient (Wildman–Crippen LogP) is 0.774. The Balaban J connectivity index is 2.76. The van der Waals surface area contributed by atoms with Crippen LogP contribution in [-0.2, 0) is 11.3 Å². The normalized spacial score (nSPS) is 12.9. The van der Waals surface area contributed by atoms with E-state index in [1.165, 1.54) is 0 Å². The van der Waals surface area contributed by atoms with Crippen molar-refractivity contribution in [2.45, 2.75) is 32.4 Å². The first-order valence-corrected chi connectivity index (χ1v) is 7.42. The van der Waals surface area contributed by atoms with Gasteiger partial charge < -0.3 is 14.4 Å². The second-order valence-electron chi connectivity index (χ2n) is 5.18. The summed E-state index contributed by atoms with van der Waals surface area (Å²) in [6.45, 7) is 5.19. The number of hydrogen-bond donors (Lipinski definition) is 2. The summed E-state index contributed by atoms with van der Waals surface area (Å²) in [4.78, 5) is 2.12. The molecule has 0 amide bonds. The molecule has 1 unspecified atom stereocenters. The van der Waals surface area contributed by atoms with E-state index in [2.05, 4.69) is 15.4 Å². The van der Waals surface area contributed by atoms with Gasteiger partial charge in [0, 0.05) is 19.8 Å². The minimum Gasteiger partial charge on any atom is -0.493 e. The van der Waals surface area contributed by atoms with Gasteiger partial charge in [0.05, 0.1) is 31.6 Å². The number of ether oxygens (including phenoxy) is 2. The van der Waals surface area contributed by atoms with Crippen molar-refractivity contribution in [2.24, 2.45) is 5.84 Å². The van der Waals surface area contributed by atoms with Gasteiger partial charge in [-0.3, -0.25) is 16.0 Å². The van der Waals surface area contributed by atoms with Crippen molar-refractivity contribution in [1.29, 1.82) is 0 Å². The summed E-state index contributed by atoms with van der Waals surface area (Å²) < 4.78 is 12.8. The SMILES string of the molecule is CCOCCCC(NN)c1c(OC)cnn1CCN(C)C. The fraction of sp³-hybridized carbons (Fsp3) is 0.786. The zero-order valence-corrected chi connectivity index (χ0v) is 13.6. The molecule has 3 N–H and O–H groups in total. The van der Waals surface area contributed by atoms with Gasteiger partial charge in [0.15, 0.2) is 5.75 Å². The number of likely N-dealkylation sites (N-methyl/N-ethyl adjacent to an activating group) is 1. The molecule has 1 atom stereocenters. The van der Waals surface area contributed by atoms with Crippen LogP contribution in [0, 0.1) is 0 Å². The molecule has 1 aromatic rings. The summed E-state index contributed by atoms with van der Waals surface area (Å²) in [5, 5.41) is 4.41. The van der Waals surface area contributed by atoms with Gasteiger partial charge in [-0.1, -0.05) is 0 Å². The maximum absolute atomic E-state index is 5.73. The summed E-state index contributed by atoms with van der Waals surface area (Å²) in [5.41, 5.74) is 3.87. The molecule has 7 nitrogen and oxygen atoms in total. The highest BCUT2D eigenvalue weighted by atomic mass is 16.5. The van der Waals surface area contributed by atoms with Gasteiger partial charge >= 0.3 is 0 Å². The molecular formula is C14H29N5O2. The van der Waals surface area contributed by atoms with E-state index >= 15 is 0 Å². The van der Waals surface area contributed by atoms with Crippen LogP contribution in [0.3, 0.4) is 0 Å². The molecule has 122 valence electrons. The third-order valence-electron chi connectivity index (χ3n) is 3.34. The molecular weight excluding hydrogens is 270 g/mol. The van der Waals surface area contributed by atoms with Crippen molar-refractivity contribution < 1.29 is 9.47 Å². The molecule has 7 heteroatoms. The van der Waals surface area contributed by atoms with Crippen LogP contribution >= 0.6 is 0 Å². The zero-order chi connectivity index (χ0) is 15.7. The lowest BCUT2D eigenvalue weighted by atomic mass is 10.1. The molecule has 0 aliphatic carbocycles. The molecule has 0 spiro atoms. The second kappa shape index (κ2) is 9.73. The average molecular weight is 299 g/mol. The van der Waals surface area contributed by atoms with Gasteiger partial charge in [-0.05, 0) is 33.9 Å². The zero-order valence-electron chi connectivity index (χ0n) is 13.6. The van der Waals surface area contributed by atoms with Crippen molar-refractivity contribution in [2.75, 3.05) is 41.0 Å². The standard InChI is InChI=1S/C14H29N5O2/c1-5-21-10-6-7-12(17-15)14-13(20-4)11-16-19(14)9-8-18(2)3/h11-12,17H,5-10,15H2,1-4H3. The molecule has 0 aromatic carbocycles. The highest BCUT2D eigenvalue weighted by Gasteiger charge is 2.20. The van der Waals surface area contributed by atoms with Crippen LogP contribution < -0.4 is 16.0 Å². The average Bonchev–Trinajstić information content (AvgIpc) is 2.88. The van der Waals surface area contributed by atoms with Crippen molar-refractivity contribution in [3.05, 3.63) is 11.9 Å². The van der Waals surface area contributed by atoms with Crippen molar-refractivity contribution in [3.8, 4) is 5.75 Å². The van der Waals surface area contributed by atoms with Gasteiger partial charge in [-0.25, -0.2) is 0 Å². The number of rotatable bonds is 11. The maximum atomic E-state index is 5.73. The second-order valence-corrected chi connectivity index (χ2v) is 5.18. The summed E-state index contributed by atoms with van der Waals surface area (Å²) in [7, 11) is 5.74. The fourth-order valence-corrected chi connectivity index (χ4v) is 2.19. The van der Waals surface area contributed by atoms with Gasteiger partial charge in [0.2, 0.25) is 0 Å². The third kappa shape index (κ3) is 5.62. The van der Waals surface area contributed by atoms with E-state index in [-0.39, 0.29) is 6.04 Å². The van der Waals surface area contributed by atoms with Crippen LogP contribution in [0.2, 0.25) is 0 Å². The Morgan fingerprint density at radius 2 is 2.24 bits per heavy atom. The highest BCUT2D eigenvalue weighted by Crippen LogP contribution is 2.27. The molecule has 0 saturated heterocycles. The van der Waals surface area contributed by atoms with Crippen LogP contribution in [0.4, 0.5) is 0 Å². The monoisotopic (exact) mass is 299 g/mol. The van der Waals surface area contributed by atoms with Crippen LogP contribution in [0.5, 0.6) is 5.75 Å². The van der Waals surface area contributed by atoms with E-state index in [0.717, 1.165) is 50.6 Å². The molecule has 0 bridgehead atoms.